The molecule has 1 aromatic rings. The van der Waals surface area contributed by atoms with E-state index in [1.807, 2.05) is 18.2 Å². The number of hydrogen-bond donors (Lipinski definition) is 1. The SMILES string of the molecule is C=C(Br)COc1c(Cl)cccc1CNC(C)C. The molecule has 0 spiro atoms. The van der Waals surface area contributed by atoms with Crippen LogP contribution in [0.5, 0.6) is 5.75 Å². The van der Waals surface area contributed by atoms with Gasteiger partial charge in [0, 0.05) is 22.6 Å². The van der Waals surface area contributed by atoms with Crippen LogP contribution in [0.4, 0.5) is 0 Å². The first-order valence-electron chi connectivity index (χ1n) is 5.47. The Kier molecular flexibility index (Phi) is 6.03. The van der Waals surface area contributed by atoms with Gasteiger partial charge in [-0.3, -0.25) is 0 Å². The Morgan fingerprint density at radius 1 is 1.53 bits per heavy atom. The molecule has 0 amide bonds. The molecule has 0 aliphatic heterocycles. The molecule has 0 bridgehead atoms. The van der Waals surface area contributed by atoms with Crippen LogP contribution in [0.15, 0.2) is 29.3 Å². The summed E-state index contributed by atoms with van der Waals surface area (Å²) in [6, 6.07) is 6.18. The molecule has 0 aromatic heterocycles. The standard InChI is InChI=1S/C13H17BrClNO/c1-9(2)16-7-11-5-4-6-12(15)13(11)17-8-10(3)14/h4-6,9,16H,3,7-8H2,1-2H3. The van der Waals surface area contributed by atoms with Gasteiger partial charge in [0.15, 0.2) is 0 Å². The van der Waals surface area contributed by atoms with E-state index in [0.29, 0.717) is 17.7 Å². The summed E-state index contributed by atoms with van der Waals surface area (Å²) in [5.41, 5.74) is 1.06. The van der Waals surface area contributed by atoms with Gasteiger partial charge in [0.1, 0.15) is 12.4 Å². The highest BCUT2D eigenvalue weighted by atomic mass is 79.9. The molecule has 0 aliphatic rings. The van der Waals surface area contributed by atoms with Crippen LogP contribution in [0.2, 0.25) is 5.02 Å². The summed E-state index contributed by atoms with van der Waals surface area (Å²) in [5.74, 6) is 0.725. The van der Waals surface area contributed by atoms with Gasteiger partial charge in [0.2, 0.25) is 0 Å². The van der Waals surface area contributed by atoms with Gasteiger partial charge >= 0.3 is 0 Å². The van der Waals surface area contributed by atoms with Crippen molar-refractivity contribution < 1.29 is 4.74 Å². The molecule has 0 saturated heterocycles. The van der Waals surface area contributed by atoms with Crippen LogP contribution in [0.3, 0.4) is 0 Å². The largest absolute Gasteiger partial charge is 0.486 e. The quantitative estimate of drug-likeness (QED) is 0.851. The molecule has 1 N–H and O–H groups in total. The summed E-state index contributed by atoms with van der Waals surface area (Å²) in [6.45, 7) is 9.10. The van der Waals surface area contributed by atoms with Crippen LogP contribution in [-0.2, 0) is 6.54 Å². The van der Waals surface area contributed by atoms with Crippen LogP contribution in [0.1, 0.15) is 19.4 Å². The summed E-state index contributed by atoms with van der Waals surface area (Å²) < 4.78 is 6.44. The van der Waals surface area contributed by atoms with E-state index in [2.05, 4.69) is 41.7 Å². The van der Waals surface area contributed by atoms with Crippen LogP contribution in [0.25, 0.3) is 0 Å². The first-order chi connectivity index (χ1) is 8.00. The zero-order valence-corrected chi connectivity index (χ0v) is 12.4. The first-order valence-corrected chi connectivity index (χ1v) is 6.64. The van der Waals surface area contributed by atoms with Gasteiger partial charge in [-0.15, -0.1) is 0 Å². The Morgan fingerprint density at radius 2 is 2.24 bits per heavy atom. The van der Waals surface area contributed by atoms with E-state index >= 15 is 0 Å². The lowest BCUT2D eigenvalue weighted by molar-refractivity contribution is 0.355. The Bertz CT molecular complexity index is 393. The van der Waals surface area contributed by atoms with E-state index in [4.69, 9.17) is 16.3 Å². The van der Waals surface area contributed by atoms with Crippen molar-refractivity contribution in [1.29, 1.82) is 0 Å². The fourth-order valence-electron chi connectivity index (χ4n) is 1.32. The number of para-hydroxylation sites is 1. The van der Waals surface area contributed by atoms with Crippen LogP contribution in [-0.4, -0.2) is 12.6 Å². The van der Waals surface area contributed by atoms with Crippen molar-refractivity contribution in [1.82, 2.24) is 5.32 Å². The maximum Gasteiger partial charge on any atom is 0.142 e. The van der Waals surface area contributed by atoms with Gasteiger partial charge in [-0.25, -0.2) is 0 Å². The minimum atomic E-state index is 0.415. The molecule has 0 heterocycles. The molecule has 0 radical (unpaired) electrons. The molecule has 0 saturated carbocycles. The van der Waals surface area contributed by atoms with Crippen molar-refractivity contribution in [3.05, 3.63) is 39.8 Å². The summed E-state index contributed by atoms with van der Waals surface area (Å²) in [4.78, 5) is 0. The molecule has 94 valence electrons. The minimum Gasteiger partial charge on any atom is -0.486 e. The molecule has 1 aromatic carbocycles. The second kappa shape index (κ2) is 7.04. The van der Waals surface area contributed by atoms with Gasteiger partial charge < -0.3 is 10.1 Å². The molecule has 0 aliphatic carbocycles. The van der Waals surface area contributed by atoms with Gasteiger partial charge in [0.05, 0.1) is 5.02 Å². The van der Waals surface area contributed by atoms with Crippen molar-refractivity contribution in [2.75, 3.05) is 6.61 Å². The number of nitrogens with one attached hydrogen (secondary N) is 1. The molecular weight excluding hydrogens is 302 g/mol. The molecule has 4 heteroatoms. The molecule has 2 nitrogen and oxygen atoms in total. The predicted octanol–water partition coefficient (Wildman–Crippen LogP) is 4.13. The Hall–Kier alpha value is -0.510. The van der Waals surface area contributed by atoms with E-state index in [1.165, 1.54) is 0 Å². The molecule has 0 unspecified atom stereocenters. The van der Waals surface area contributed by atoms with E-state index in [-0.39, 0.29) is 0 Å². The van der Waals surface area contributed by atoms with Gasteiger partial charge in [-0.05, 0) is 6.07 Å². The normalized spacial score (nSPS) is 10.6. The number of benzene rings is 1. The third kappa shape index (κ3) is 5.11. The number of hydrogen-bond acceptors (Lipinski definition) is 2. The highest BCUT2D eigenvalue weighted by Gasteiger charge is 2.08. The predicted molar refractivity (Wildman–Crippen MR) is 77.0 cm³/mol. The lowest BCUT2D eigenvalue weighted by Crippen LogP contribution is -2.22. The third-order valence-electron chi connectivity index (χ3n) is 2.12. The van der Waals surface area contributed by atoms with Crippen molar-refractivity contribution in [2.24, 2.45) is 0 Å². The average molecular weight is 319 g/mol. The highest BCUT2D eigenvalue weighted by Crippen LogP contribution is 2.29. The maximum absolute atomic E-state index is 6.13. The highest BCUT2D eigenvalue weighted by molar-refractivity contribution is 9.11. The fourth-order valence-corrected chi connectivity index (χ4v) is 1.68. The maximum atomic E-state index is 6.13. The molecule has 1 rings (SSSR count). The average Bonchev–Trinajstić information content (AvgIpc) is 2.24. The Morgan fingerprint density at radius 3 is 2.82 bits per heavy atom. The summed E-state index contributed by atoms with van der Waals surface area (Å²) in [5, 5.41) is 3.97. The van der Waals surface area contributed by atoms with Crippen molar-refractivity contribution in [3.8, 4) is 5.75 Å². The smallest absolute Gasteiger partial charge is 0.142 e. The van der Waals surface area contributed by atoms with Gasteiger partial charge in [-0.1, -0.05) is 60.1 Å². The van der Waals surface area contributed by atoms with Crippen LogP contribution >= 0.6 is 27.5 Å². The second-order valence-corrected chi connectivity index (χ2v) is 5.60. The Labute approximate surface area is 116 Å². The van der Waals surface area contributed by atoms with Crippen molar-refractivity contribution in [2.45, 2.75) is 26.4 Å². The topological polar surface area (TPSA) is 21.3 Å². The summed E-state index contributed by atoms with van der Waals surface area (Å²) >= 11 is 9.40. The number of ether oxygens (including phenoxy) is 1. The molecular formula is C13H17BrClNO. The van der Waals surface area contributed by atoms with E-state index in [0.717, 1.165) is 22.3 Å². The number of halogens is 2. The molecule has 0 fully saturated rings. The van der Waals surface area contributed by atoms with Crippen LogP contribution in [0, 0.1) is 0 Å². The lowest BCUT2D eigenvalue weighted by Gasteiger charge is -2.14. The molecule has 17 heavy (non-hydrogen) atoms. The molecule has 0 atom stereocenters. The van der Waals surface area contributed by atoms with E-state index in [1.54, 1.807) is 0 Å². The lowest BCUT2D eigenvalue weighted by atomic mass is 10.2. The zero-order valence-electron chi connectivity index (χ0n) is 10.1. The fraction of sp³-hybridized carbons (Fsp3) is 0.385. The van der Waals surface area contributed by atoms with Crippen molar-refractivity contribution >= 4 is 27.5 Å². The van der Waals surface area contributed by atoms with Gasteiger partial charge in [0.25, 0.3) is 0 Å². The monoisotopic (exact) mass is 317 g/mol. The summed E-state index contributed by atoms with van der Waals surface area (Å²) in [7, 11) is 0. The first kappa shape index (κ1) is 14.6. The van der Waals surface area contributed by atoms with Gasteiger partial charge in [-0.2, -0.15) is 0 Å². The number of rotatable bonds is 6. The van der Waals surface area contributed by atoms with Crippen molar-refractivity contribution in [3.63, 3.8) is 0 Å². The second-order valence-electron chi connectivity index (χ2n) is 4.07. The Balaban J connectivity index is 2.80. The minimum absolute atomic E-state index is 0.415. The van der Waals surface area contributed by atoms with Crippen LogP contribution < -0.4 is 10.1 Å². The third-order valence-corrected chi connectivity index (χ3v) is 2.65. The van der Waals surface area contributed by atoms with E-state index < -0.39 is 0 Å². The van der Waals surface area contributed by atoms with E-state index in [9.17, 15) is 0 Å². The summed E-state index contributed by atoms with van der Waals surface area (Å²) in [6.07, 6.45) is 0. The zero-order chi connectivity index (χ0) is 12.8.